The number of nitrogens with zero attached hydrogens (tertiary/aromatic N) is 1. The number of halogens is 1. The minimum atomic E-state index is -0.673. The van der Waals surface area contributed by atoms with Crippen molar-refractivity contribution in [1.29, 1.82) is 0 Å². The Kier molecular flexibility index (Phi) is 8.33. The largest absolute Gasteiger partial charge is 0.490 e. The van der Waals surface area contributed by atoms with Gasteiger partial charge in [0.1, 0.15) is 18.8 Å². The lowest BCUT2D eigenvalue weighted by Crippen LogP contribution is -2.38. The molecule has 0 unspecified atom stereocenters. The fraction of sp³-hybridized carbons (Fsp3) is 0.240. The Hall–Kier alpha value is -3.77. The van der Waals surface area contributed by atoms with Gasteiger partial charge in [-0.2, -0.15) is 0 Å². The van der Waals surface area contributed by atoms with Crippen LogP contribution in [-0.4, -0.2) is 42.5 Å². The van der Waals surface area contributed by atoms with E-state index < -0.39 is 24.4 Å². The number of imide groups is 1. The minimum Gasteiger partial charge on any atom is -0.490 e. The second-order valence-electron chi connectivity index (χ2n) is 7.19. The summed E-state index contributed by atoms with van der Waals surface area (Å²) in [5.74, 6) is 2.19. The number of ether oxygens (including phenoxy) is 2. The summed E-state index contributed by atoms with van der Waals surface area (Å²) in [7, 11) is 0. The summed E-state index contributed by atoms with van der Waals surface area (Å²) in [6.45, 7) is 3.84. The predicted octanol–water partition coefficient (Wildman–Crippen LogP) is 3.95. The van der Waals surface area contributed by atoms with E-state index in [2.05, 4.69) is 32.5 Å². The Balaban J connectivity index is 1.78. The van der Waals surface area contributed by atoms with Crippen LogP contribution in [0, 0.1) is 12.3 Å². The maximum Gasteiger partial charge on any atom is 0.329 e. The molecule has 0 atom stereocenters. The van der Waals surface area contributed by atoms with E-state index in [0.29, 0.717) is 33.8 Å². The fourth-order valence-corrected chi connectivity index (χ4v) is 3.93. The van der Waals surface area contributed by atoms with Crippen LogP contribution in [0.3, 0.4) is 0 Å². The van der Waals surface area contributed by atoms with Crippen molar-refractivity contribution in [2.24, 2.45) is 0 Å². The molecule has 8 nitrogen and oxygen atoms in total. The Morgan fingerprint density at radius 2 is 2.00 bits per heavy atom. The number of urea groups is 1. The number of nitrogens with one attached hydrogen (secondary N) is 2. The summed E-state index contributed by atoms with van der Waals surface area (Å²) >= 11 is 3.42. The molecule has 0 saturated carbocycles. The summed E-state index contributed by atoms with van der Waals surface area (Å²) in [4.78, 5) is 38.6. The molecule has 0 aliphatic carbocycles. The highest BCUT2D eigenvalue weighted by atomic mass is 79.9. The van der Waals surface area contributed by atoms with Gasteiger partial charge in [-0.3, -0.25) is 9.59 Å². The topological polar surface area (TPSA) is 97.0 Å². The van der Waals surface area contributed by atoms with Gasteiger partial charge in [-0.1, -0.05) is 31.0 Å². The Bertz CT molecular complexity index is 1190. The van der Waals surface area contributed by atoms with Crippen LogP contribution in [0.5, 0.6) is 11.5 Å². The van der Waals surface area contributed by atoms with Crippen molar-refractivity contribution in [1.82, 2.24) is 10.2 Å². The molecule has 2 aromatic carbocycles. The zero-order chi connectivity index (χ0) is 24.7. The molecule has 0 bridgehead atoms. The number of amides is 4. The monoisotopic (exact) mass is 525 g/mol. The van der Waals surface area contributed by atoms with E-state index in [0.717, 1.165) is 16.9 Å². The second-order valence-corrected chi connectivity index (χ2v) is 8.05. The lowest BCUT2D eigenvalue weighted by atomic mass is 10.1. The highest BCUT2D eigenvalue weighted by Crippen LogP contribution is 2.37. The number of rotatable bonds is 9. The van der Waals surface area contributed by atoms with Gasteiger partial charge >= 0.3 is 6.03 Å². The number of carbonyl (C=O) groups excluding carboxylic acids is 3. The van der Waals surface area contributed by atoms with E-state index in [9.17, 15) is 14.4 Å². The number of hydrogen-bond acceptors (Lipinski definition) is 5. The lowest BCUT2D eigenvalue weighted by Gasteiger charge is -2.14. The first-order valence-electron chi connectivity index (χ1n) is 10.6. The van der Waals surface area contributed by atoms with Gasteiger partial charge in [-0.05, 0) is 64.7 Å². The standard InChI is InChI=1S/C25H24BrN3O5/c1-4-11-34-23-18(26)12-16(14-21(23)33-6-3)13-20-24(31)29(25(32)28-20)15-22(30)27-19-10-8-7-9-17(19)5-2/h1,7-10,12-14H,5-6,11,15H2,2-3H3,(H,27,30)(H,28,32)/b20-13+. The smallest absolute Gasteiger partial charge is 0.329 e. The third kappa shape index (κ3) is 5.77. The van der Waals surface area contributed by atoms with E-state index in [1.54, 1.807) is 24.3 Å². The summed E-state index contributed by atoms with van der Waals surface area (Å²) in [6, 6.07) is 10.1. The van der Waals surface area contributed by atoms with E-state index in [1.165, 1.54) is 6.08 Å². The van der Waals surface area contributed by atoms with E-state index in [4.69, 9.17) is 15.9 Å². The SMILES string of the molecule is C#CCOc1c(Br)cc(/C=C2/NC(=O)N(CC(=O)Nc3ccccc3CC)C2=O)cc1OCC. The molecule has 9 heteroatoms. The van der Waals surface area contributed by atoms with Crippen LogP contribution in [0.15, 0.2) is 46.6 Å². The van der Waals surface area contributed by atoms with Gasteiger partial charge in [0.25, 0.3) is 5.91 Å². The van der Waals surface area contributed by atoms with Crippen molar-refractivity contribution in [3.05, 3.63) is 57.7 Å². The van der Waals surface area contributed by atoms with Crippen LogP contribution in [0.2, 0.25) is 0 Å². The summed E-state index contributed by atoms with van der Waals surface area (Å²) < 4.78 is 11.7. The zero-order valence-corrected chi connectivity index (χ0v) is 20.4. The zero-order valence-electron chi connectivity index (χ0n) is 18.8. The van der Waals surface area contributed by atoms with Crippen LogP contribution in [0.4, 0.5) is 10.5 Å². The molecular weight excluding hydrogens is 502 g/mol. The van der Waals surface area contributed by atoms with Gasteiger partial charge in [-0.15, -0.1) is 6.42 Å². The molecule has 0 radical (unpaired) electrons. The van der Waals surface area contributed by atoms with E-state index >= 15 is 0 Å². The van der Waals surface area contributed by atoms with Crippen molar-refractivity contribution in [3.8, 4) is 23.8 Å². The van der Waals surface area contributed by atoms with Crippen LogP contribution < -0.4 is 20.1 Å². The number of carbonyl (C=O) groups is 3. The summed E-state index contributed by atoms with van der Waals surface area (Å²) in [6.07, 6.45) is 7.51. The lowest BCUT2D eigenvalue weighted by molar-refractivity contribution is -0.127. The Morgan fingerprint density at radius 1 is 1.24 bits per heavy atom. The third-order valence-corrected chi connectivity index (χ3v) is 5.47. The number of aryl methyl sites for hydroxylation is 1. The molecule has 1 heterocycles. The van der Waals surface area contributed by atoms with Gasteiger partial charge in [0.15, 0.2) is 11.5 Å². The molecule has 0 spiro atoms. The van der Waals surface area contributed by atoms with Crippen LogP contribution in [-0.2, 0) is 16.0 Å². The Morgan fingerprint density at radius 3 is 2.71 bits per heavy atom. The molecule has 176 valence electrons. The van der Waals surface area contributed by atoms with Crippen molar-refractivity contribution in [3.63, 3.8) is 0 Å². The first-order chi connectivity index (χ1) is 16.4. The van der Waals surface area contributed by atoms with Crippen molar-refractivity contribution in [2.45, 2.75) is 20.3 Å². The van der Waals surface area contributed by atoms with Gasteiger partial charge in [0.2, 0.25) is 5.91 Å². The molecule has 0 aromatic heterocycles. The predicted molar refractivity (Wildman–Crippen MR) is 132 cm³/mol. The average Bonchev–Trinajstić information content (AvgIpc) is 3.06. The molecule has 4 amide bonds. The van der Waals surface area contributed by atoms with Crippen molar-refractivity contribution < 1.29 is 23.9 Å². The fourth-order valence-electron chi connectivity index (χ4n) is 3.35. The van der Waals surface area contributed by atoms with E-state index in [1.807, 2.05) is 26.0 Å². The number of para-hydroxylation sites is 1. The number of terminal acetylenes is 1. The summed E-state index contributed by atoms with van der Waals surface area (Å²) in [5.41, 5.74) is 2.23. The van der Waals surface area contributed by atoms with E-state index in [-0.39, 0.29) is 12.3 Å². The third-order valence-electron chi connectivity index (χ3n) is 4.88. The molecule has 34 heavy (non-hydrogen) atoms. The second kappa shape index (κ2) is 11.4. The van der Waals surface area contributed by atoms with Crippen LogP contribution >= 0.6 is 15.9 Å². The molecule has 2 N–H and O–H groups in total. The first-order valence-corrected chi connectivity index (χ1v) is 11.4. The van der Waals surface area contributed by atoms with Gasteiger partial charge in [0, 0.05) is 5.69 Å². The number of hydrogen-bond donors (Lipinski definition) is 2. The highest BCUT2D eigenvalue weighted by molar-refractivity contribution is 9.10. The van der Waals surface area contributed by atoms with Crippen LogP contribution in [0.1, 0.15) is 25.0 Å². The molecule has 1 fully saturated rings. The molecular formula is C25H24BrN3O5. The van der Waals surface area contributed by atoms with Crippen molar-refractivity contribution >= 4 is 45.5 Å². The normalized spacial score (nSPS) is 14.1. The Labute approximate surface area is 206 Å². The molecule has 1 aliphatic heterocycles. The van der Waals surface area contributed by atoms with Gasteiger partial charge in [0.05, 0.1) is 11.1 Å². The van der Waals surface area contributed by atoms with Gasteiger partial charge < -0.3 is 20.1 Å². The maximum atomic E-state index is 12.8. The van der Waals surface area contributed by atoms with Crippen LogP contribution in [0.25, 0.3) is 6.08 Å². The van der Waals surface area contributed by atoms with Gasteiger partial charge in [-0.25, -0.2) is 9.69 Å². The van der Waals surface area contributed by atoms with Crippen molar-refractivity contribution in [2.75, 3.05) is 25.1 Å². The highest BCUT2D eigenvalue weighted by Gasteiger charge is 2.35. The molecule has 2 aromatic rings. The quantitative estimate of drug-likeness (QED) is 0.293. The summed E-state index contributed by atoms with van der Waals surface area (Å²) in [5, 5.41) is 5.28. The maximum absolute atomic E-state index is 12.8. The first kappa shape index (κ1) is 24.9. The number of benzene rings is 2. The molecule has 3 rings (SSSR count). The minimum absolute atomic E-state index is 0.0402. The molecule has 1 aliphatic rings. The number of anilines is 1. The molecule has 1 saturated heterocycles. The average molecular weight is 526 g/mol.